The summed E-state index contributed by atoms with van der Waals surface area (Å²) in [7, 11) is 0. The van der Waals surface area contributed by atoms with Gasteiger partial charge in [0.2, 0.25) is 5.16 Å². The molecule has 1 atom stereocenters. The predicted octanol–water partition coefficient (Wildman–Crippen LogP) is 2.64. The zero-order valence-corrected chi connectivity index (χ0v) is 14.4. The van der Waals surface area contributed by atoms with Crippen molar-refractivity contribution in [1.82, 2.24) is 20.2 Å². The average Bonchev–Trinajstić information content (AvgIpc) is 3.20. The van der Waals surface area contributed by atoms with E-state index in [4.69, 9.17) is 9.47 Å². The highest BCUT2D eigenvalue weighted by Crippen LogP contribution is 2.21. The number of aromatic nitrogens is 4. The van der Waals surface area contributed by atoms with Gasteiger partial charge in [-0.25, -0.2) is 4.68 Å². The van der Waals surface area contributed by atoms with Crippen LogP contribution in [0, 0.1) is 13.8 Å². The molecule has 3 rings (SSSR count). The second kappa shape index (κ2) is 7.79. The molecule has 1 aliphatic rings. The molecule has 0 aliphatic carbocycles. The smallest absolute Gasteiger partial charge is 0.209 e. The molecule has 6 nitrogen and oxygen atoms in total. The minimum absolute atomic E-state index is 0.240. The molecule has 1 saturated heterocycles. The maximum absolute atomic E-state index is 5.87. The van der Waals surface area contributed by atoms with Gasteiger partial charge >= 0.3 is 0 Å². The molecule has 2 heterocycles. The lowest BCUT2D eigenvalue weighted by atomic mass is 10.1. The van der Waals surface area contributed by atoms with E-state index >= 15 is 0 Å². The summed E-state index contributed by atoms with van der Waals surface area (Å²) in [5, 5.41) is 12.7. The van der Waals surface area contributed by atoms with Crippen LogP contribution in [-0.4, -0.2) is 45.3 Å². The van der Waals surface area contributed by atoms with E-state index < -0.39 is 0 Å². The Bertz CT molecular complexity index is 641. The second-order valence-corrected chi connectivity index (χ2v) is 6.81. The molecular weight excluding hydrogens is 312 g/mol. The molecule has 0 radical (unpaired) electrons. The molecule has 1 fully saturated rings. The third-order valence-electron chi connectivity index (χ3n) is 3.82. The minimum Gasteiger partial charge on any atom is -0.492 e. The van der Waals surface area contributed by atoms with Crippen molar-refractivity contribution in [1.29, 1.82) is 0 Å². The fraction of sp³-hybridized carbons (Fsp3) is 0.562. The molecule has 1 aromatic heterocycles. The Hall–Kier alpha value is -1.60. The molecular formula is C16H22N4O2S. The number of thioether (sulfide) groups is 1. The summed E-state index contributed by atoms with van der Waals surface area (Å²) < 4.78 is 13.3. The summed E-state index contributed by atoms with van der Waals surface area (Å²) in [6.45, 7) is 6.33. The maximum atomic E-state index is 5.87. The first-order valence-electron chi connectivity index (χ1n) is 7.93. The van der Waals surface area contributed by atoms with E-state index in [9.17, 15) is 0 Å². The number of rotatable bonds is 7. The van der Waals surface area contributed by atoms with Gasteiger partial charge in [0, 0.05) is 12.4 Å². The third-order valence-corrected chi connectivity index (χ3v) is 4.74. The lowest BCUT2D eigenvalue weighted by molar-refractivity contribution is 0.0912. The van der Waals surface area contributed by atoms with Crippen LogP contribution >= 0.6 is 11.8 Å². The van der Waals surface area contributed by atoms with E-state index in [1.165, 1.54) is 5.56 Å². The summed E-state index contributed by atoms with van der Waals surface area (Å²) in [6, 6.07) is 6.25. The summed E-state index contributed by atoms with van der Waals surface area (Å²) in [4.78, 5) is 0. The van der Waals surface area contributed by atoms with Crippen LogP contribution in [0.3, 0.4) is 0 Å². The number of aryl methyl sites for hydroxylation is 2. The molecule has 0 N–H and O–H groups in total. The topological polar surface area (TPSA) is 62.1 Å². The Balaban J connectivity index is 1.47. The molecule has 1 aromatic carbocycles. The molecule has 1 aliphatic heterocycles. The first-order valence-corrected chi connectivity index (χ1v) is 8.91. The summed E-state index contributed by atoms with van der Waals surface area (Å²) in [6.07, 6.45) is 2.45. The minimum atomic E-state index is 0.240. The van der Waals surface area contributed by atoms with Crippen LogP contribution in [0.4, 0.5) is 0 Å². The molecule has 0 bridgehead atoms. The van der Waals surface area contributed by atoms with Gasteiger partial charge < -0.3 is 9.47 Å². The quantitative estimate of drug-likeness (QED) is 0.573. The largest absolute Gasteiger partial charge is 0.492 e. The second-order valence-electron chi connectivity index (χ2n) is 5.74. The molecule has 0 amide bonds. The highest BCUT2D eigenvalue weighted by atomic mass is 32.2. The van der Waals surface area contributed by atoms with Crippen molar-refractivity contribution in [2.45, 2.75) is 44.5 Å². The summed E-state index contributed by atoms with van der Waals surface area (Å²) >= 11 is 1.61. The first kappa shape index (κ1) is 16.3. The van der Waals surface area contributed by atoms with Crippen LogP contribution in [-0.2, 0) is 11.3 Å². The molecule has 7 heteroatoms. The number of hydrogen-bond acceptors (Lipinski definition) is 6. The van der Waals surface area contributed by atoms with Gasteiger partial charge in [0.1, 0.15) is 5.75 Å². The van der Waals surface area contributed by atoms with E-state index in [2.05, 4.69) is 47.6 Å². The predicted molar refractivity (Wildman–Crippen MR) is 88.9 cm³/mol. The number of benzene rings is 1. The molecule has 0 saturated carbocycles. The van der Waals surface area contributed by atoms with Crippen LogP contribution in [0.1, 0.15) is 24.0 Å². The van der Waals surface area contributed by atoms with E-state index in [1.54, 1.807) is 11.8 Å². The van der Waals surface area contributed by atoms with Crippen LogP contribution in [0.5, 0.6) is 5.75 Å². The Labute approximate surface area is 140 Å². The molecule has 23 heavy (non-hydrogen) atoms. The third kappa shape index (κ3) is 4.45. The van der Waals surface area contributed by atoms with Crippen LogP contribution < -0.4 is 4.74 Å². The van der Waals surface area contributed by atoms with E-state index in [1.807, 2.05) is 4.68 Å². The monoisotopic (exact) mass is 334 g/mol. The van der Waals surface area contributed by atoms with Crippen molar-refractivity contribution in [3.8, 4) is 5.75 Å². The summed E-state index contributed by atoms with van der Waals surface area (Å²) in [5.74, 6) is 1.75. The van der Waals surface area contributed by atoms with E-state index in [-0.39, 0.29) is 6.10 Å². The standard InChI is InChI=1S/C16H22N4O2S/c1-12-5-6-13(2)15(10-12)22-8-9-23-16-17-18-19-20(16)11-14-4-3-7-21-14/h5-6,10,14H,3-4,7-9,11H2,1-2H3. The highest BCUT2D eigenvalue weighted by molar-refractivity contribution is 7.99. The normalized spacial score (nSPS) is 17.6. The Morgan fingerprint density at radius 3 is 3.13 bits per heavy atom. The van der Waals surface area contributed by atoms with Crippen molar-refractivity contribution in [3.05, 3.63) is 29.3 Å². The van der Waals surface area contributed by atoms with E-state index in [0.717, 1.165) is 48.2 Å². The number of tetrazole rings is 1. The molecule has 2 aromatic rings. The SMILES string of the molecule is Cc1ccc(C)c(OCCSc2nnnn2CC2CCCO2)c1. The van der Waals surface area contributed by atoms with Gasteiger partial charge in [-0.3, -0.25) is 0 Å². The van der Waals surface area contributed by atoms with Crippen molar-refractivity contribution < 1.29 is 9.47 Å². The molecule has 0 spiro atoms. The number of ether oxygens (including phenoxy) is 2. The van der Waals surface area contributed by atoms with Gasteiger partial charge in [-0.2, -0.15) is 0 Å². The lowest BCUT2D eigenvalue weighted by Gasteiger charge is -2.11. The van der Waals surface area contributed by atoms with Crippen molar-refractivity contribution in [2.75, 3.05) is 19.0 Å². The number of nitrogens with zero attached hydrogens (tertiary/aromatic N) is 4. The van der Waals surface area contributed by atoms with Crippen molar-refractivity contribution >= 4 is 11.8 Å². The molecule has 1 unspecified atom stereocenters. The fourth-order valence-corrected chi connectivity index (χ4v) is 3.25. The first-order chi connectivity index (χ1) is 11.2. The zero-order valence-electron chi connectivity index (χ0n) is 13.6. The van der Waals surface area contributed by atoms with Gasteiger partial charge in [-0.15, -0.1) is 5.10 Å². The summed E-state index contributed by atoms with van der Waals surface area (Å²) in [5.41, 5.74) is 2.36. The molecule has 124 valence electrons. The van der Waals surface area contributed by atoms with Gasteiger partial charge in [0.15, 0.2) is 0 Å². The van der Waals surface area contributed by atoms with Crippen LogP contribution in [0.2, 0.25) is 0 Å². The average molecular weight is 334 g/mol. The van der Waals surface area contributed by atoms with Gasteiger partial charge in [0.05, 0.1) is 19.3 Å². The van der Waals surface area contributed by atoms with Crippen LogP contribution in [0.15, 0.2) is 23.4 Å². The fourth-order valence-electron chi connectivity index (χ4n) is 2.54. The highest BCUT2D eigenvalue weighted by Gasteiger charge is 2.18. The lowest BCUT2D eigenvalue weighted by Crippen LogP contribution is -2.17. The maximum Gasteiger partial charge on any atom is 0.209 e. The Morgan fingerprint density at radius 1 is 1.39 bits per heavy atom. The zero-order chi connectivity index (χ0) is 16.1. The Kier molecular flexibility index (Phi) is 5.51. The van der Waals surface area contributed by atoms with Crippen LogP contribution in [0.25, 0.3) is 0 Å². The van der Waals surface area contributed by atoms with Gasteiger partial charge in [-0.1, -0.05) is 23.9 Å². The van der Waals surface area contributed by atoms with Gasteiger partial charge in [0.25, 0.3) is 0 Å². The van der Waals surface area contributed by atoms with Gasteiger partial charge in [-0.05, 0) is 54.3 Å². The van der Waals surface area contributed by atoms with Crippen molar-refractivity contribution in [2.24, 2.45) is 0 Å². The number of hydrogen-bond donors (Lipinski definition) is 0. The van der Waals surface area contributed by atoms with E-state index in [0.29, 0.717) is 6.61 Å². The van der Waals surface area contributed by atoms with Crippen molar-refractivity contribution in [3.63, 3.8) is 0 Å². The Morgan fingerprint density at radius 2 is 2.30 bits per heavy atom.